The van der Waals surface area contributed by atoms with E-state index in [1.54, 1.807) is 0 Å². The van der Waals surface area contributed by atoms with Crippen LogP contribution >= 0.6 is 0 Å². The molecule has 0 bridgehead atoms. The quantitative estimate of drug-likeness (QED) is 0.375. The van der Waals surface area contributed by atoms with Crippen LogP contribution in [0, 0.1) is 6.92 Å². The Morgan fingerprint density at radius 3 is 2.17 bits per heavy atom. The van der Waals surface area contributed by atoms with Gasteiger partial charge in [0.2, 0.25) is 0 Å². The van der Waals surface area contributed by atoms with Crippen LogP contribution < -0.4 is 29.6 Å². The number of aromatic nitrogens is 1. The van der Waals surface area contributed by atoms with E-state index in [2.05, 4.69) is 4.98 Å². The Bertz CT molecular complexity index is 331. The fourth-order valence-electron chi connectivity index (χ4n) is 0.709. The molecule has 1 aromatic rings. The smallest absolute Gasteiger partial charge is 0.744 e. The average Bonchev–Trinajstić information content (AvgIpc) is 2.11. The zero-order chi connectivity index (χ0) is 7.78. The van der Waals surface area contributed by atoms with E-state index in [4.69, 9.17) is 0 Å². The maximum absolute atomic E-state index is 10.3. The summed E-state index contributed by atoms with van der Waals surface area (Å²) < 4.78 is 31.0. The first-order valence-electron chi connectivity index (χ1n) is 2.61. The van der Waals surface area contributed by atoms with Crippen LogP contribution in [0.5, 0.6) is 0 Å². The SMILES string of the molecule is Cc1[nH]ccc1S(=O)(=O)[O-].O.[Na+]. The molecule has 0 atom stereocenters. The summed E-state index contributed by atoms with van der Waals surface area (Å²) in [6.07, 6.45) is 1.42. The first kappa shape index (κ1) is 14.7. The molecule has 1 heterocycles. The molecule has 0 saturated carbocycles. The van der Waals surface area contributed by atoms with Crippen LogP contribution in [0.1, 0.15) is 5.69 Å². The van der Waals surface area contributed by atoms with Crippen LogP contribution in [0.4, 0.5) is 0 Å². The van der Waals surface area contributed by atoms with Crippen LogP contribution in [-0.2, 0) is 10.1 Å². The van der Waals surface area contributed by atoms with E-state index >= 15 is 0 Å². The molecule has 0 spiro atoms. The summed E-state index contributed by atoms with van der Waals surface area (Å²) in [7, 11) is -4.27. The Labute approximate surface area is 92.5 Å². The topological polar surface area (TPSA) is 104 Å². The van der Waals surface area contributed by atoms with Crippen LogP contribution in [0.3, 0.4) is 0 Å². The van der Waals surface area contributed by atoms with Gasteiger partial charge in [0.15, 0.2) is 0 Å². The molecule has 0 aromatic carbocycles. The Morgan fingerprint density at radius 2 is 2.00 bits per heavy atom. The molecule has 0 aliphatic carbocycles. The van der Waals surface area contributed by atoms with Gasteiger partial charge in [0.25, 0.3) is 0 Å². The molecular formula is C5H8NNaO4S. The van der Waals surface area contributed by atoms with Gasteiger partial charge >= 0.3 is 29.6 Å². The van der Waals surface area contributed by atoms with E-state index in [-0.39, 0.29) is 39.9 Å². The second-order valence-electron chi connectivity index (χ2n) is 1.92. The Morgan fingerprint density at radius 1 is 1.50 bits per heavy atom. The number of hydrogen-bond donors (Lipinski definition) is 1. The summed E-state index contributed by atoms with van der Waals surface area (Å²) >= 11 is 0. The summed E-state index contributed by atoms with van der Waals surface area (Å²) in [5.41, 5.74) is 0.384. The third-order valence-corrected chi connectivity index (χ3v) is 2.15. The normalized spacial score (nSPS) is 9.83. The van der Waals surface area contributed by atoms with E-state index in [9.17, 15) is 13.0 Å². The summed E-state index contributed by atoms with van der Waals surface area (Å²) in [5, 5.41) is 0. The second-order valence-corrected chi connectivity index (χ2v) is 3.27. The number of nitrogens with one attached hydrogen (secondary N) is 1. The summed E-state index contributed by atoms with van der Waals surface area (Å²) in [6, 6.07) is 1.25. The fourth-order valence-corrected chi connectivity index (χ4v) is 1.38. The van der Waals surface area contributed by atoms with Gasteiger partial charge in [-0.2, -0.15) is 0 Å². The van der Waals surface area contributed by atoms with Crippen molar-refractivity contribution in [3.05, 3.63) is 18.0 Å². The molecule has 0 saturated heterocycles. The van der Waals surface area contributed by atoms with Gasteiger partial charge in [0.1, 0.15) is 10.1 Å². The molecule has 5 nitrogen and oxygen atoms in total. The van der Waals surface area contributed by atoms with Gasteiger partial charge in [-0.15, -0.1) is 0 Å². The minimum atomic E-state index is -4.27. The molecule has 0 radical (unpaired) electrons. The van der Waals surface area contributed by atoms with E-state index in [1.165, 1.54) is 19.2 Å². The fraction of sp³-hybridized carbons (Fsp3) is 0.200. The molecular weight excluding hydrogens is 193 g/mol. The molecule has 0 fully saturated rings. The maximum Gasteiger partial charge on any atom is 1.00 e. The van der Waals surface area contributed by atoms with Crippen LogP contribution in [0.2, 0.25) is 0 Å². The first-order chi connectivity index (χ1) is 4.52. The minimum Gasteiger partial charge on any atom is -0.744 e. The molecule has 7 heteroatoms. The van der Waals surface area contributed by atoms with Crippen molar-refractivity contribution in [2.75, 3.05) is 0 Å². The van der Waals surface area contributed by atoms with Gasteiger partial charge in [0, 0.05) is 11.9 Å². The first-order valence-corrected chi connectivity index (χ1v) is 4.02. The van der Waals surface area contributed by atoms with Crippen molar-refractivity contribution in [3.8, 4) is 0 Å². The molecule has 1 aromatic heterocycles. The summed E-state index contributed by atoms with van der Waals surface area (Å²) in [5.74, 6) is 0. The van der Waals surface area contributed by atoms with Crippen LogP contribution in [0.25, 0.3) is 0 Å². The van der Waals surface area contributed by atoms with Gasteiger partial charge in [-0.05, 0) is 13.0 Å². The van der Waals surface area contributed by atoms with Crippen molar-refractivity contribution in [2.45, 2.75) is 11.8 Å². The van der Waals surface area contributed by atoms with Gasteiger partial charge in [-0.25, -0.2) is 8.42 Å². The number of aryl methyl sites for hydroxylation is 1. The zero-order valence-electron chi connectivity index (χ0n) is 6.79. The van der Waals surface area contributed by atoms with Gasteiger partial charge < -0.3 is 15.0 Å². The molecule has 0 aliphatic heterocycles. The minimum absolute atomic E-state index is 0. The third kappa shape index (κ3) is 3.26. The summed E-state index contributed by atoms with van der Waals surface area (Å²) in [4.78, 5) is 2.42. The van der Waals surface area contributed by atoms with Gasteiger partial charge in [0.05, 0.1) is 4.90 Å². The Balaban J connectivity index is 0. The van der Waals surface area contributed by atoms with Crippen molar-refractivity contribution in [2.24, 2.45) is 0 Å². The van der Waals surface area contributed by atoms with E-state index in [0.29, 0.717) is 5.69 Å². The predicted molar refractivity (Wildman–Crippen MR) is 37.1 cm³/mol. The van der Waals surface area contributed by atoms with E-state index < -0.39 is 10.1 Å². The summed E-state index contributed by atoms with van der Waals surface area (Å²) in [6.45, 7) is 1.53. The van der Waals surface area contributed by atoms with Crippen molar-refractivity contribution in [1.82, 2.24) is 4.98 Å². The molecule has 12 heavy (non-hydrogen) atoms. The standard InChI is InChI=1S/C5H7NO3S.Na.H2O/c1-4-5(2-3-6-4)10(7,8)9;;/h2-3,6H,1H3,(H,7,8,9);;1H2/q;+1;/p-1. The predicted octanol–water partition coefficient (Wildman–Crippen LogP) is -3.59. The molecule has 64 valence electrons. The molecule has 3 N–H and O–H groups in total. The van der Waals surface area contributed by atoms with Crippen molar-refractivity contribution < 1.29 is 48.0 Å². The van der Waals surface area contributed by atoms with Crippen LogP contribution in [-0.4, -0.2) is 23.4 Å². The number of H-pyrrole nitrogens is 1. The van der Waals surface area contributed by atoms with E-state index in [1.807, 2.05) is 0 Å². The largest absolute Gasteiger partial charge is 1.00 e. The average molecular weight is 201 g/mol. The van der Waals surface area contributed by atoms with E-state index in [0.717, 1.165) is 0 Å². The van der Waals surface area contributed by atoms with Gasteiger partial charge in [-0.1, -0.05) is 0 Å². The molecule has 0 unspecified atom stereocenters. The molecule has 1 rings (SSSR count). The zero-order valence-corrected chi connectivity index (χ0v) is 9.60. The third-order valence-electron chi connectivity index (χ3n) is 1.17. The number of aromatic amines is 1. The second kappa shape index (κ2) is 5.00. The van der Waals surface area contributed by atoms with Crippen molar-refractivity contribution in [1.29, 1.82) is 0 Å². The number of rotatable bonds is 1. The molecule has 0 amide bonds. The van der Waals surface area contributed by atoms with Crippen LogP contribution in [0.15, 0.2) is 17.2 Å². The van der Waals surface area contributed by atoms with Crippen molar-refractivity contribution in [3.63, 3.8) is 0 Å². The Kier molecular flexibility index (Phi) is 6.11. The number of hydrogen-bond acceptors (Lipinski definition) is 3. The van der Waals surface area contributed by atoms with Crippen molar-refractivity contribution >= 4 is 10.1 Å². The van der Waals surface area contributed by atoms with Gasteiger partial charge in [-0.3, -0.25) is 0 Å². The maximum atomic E-state index is 10.3. The Hall–Kier alpha value is 0.150. The molecule has 0 aliphatic rings. The monoisotopic (exact) mass is 201 g/mol.